The van der Waals surface area contributed by atoms with Gasteiger partial charge in [-0.05, 0) is 11.6 Å². The van der Waals surface area contributed by atoms with Crippen molar-refractivity contribution in [1.29, 1.82) is 10.5 Å². The van der Waals surface area contributed by atoms with E-state index in [-0.39, 0.29) is 33.1 Å². The molecule has 1 aliphatic heterocycles. The highest BCUT2D eigenvalue weighted by Crippen LogP contribution is 2.50. The van der Waals surface area contributed by atoms with Crippen LogP contribution in [0, 0.1) is 22.7 Å². The molecule has 0 saturated carbocycles. The maximum Gasteiger partial charge on any atom is 0.416 e. The van der Waals surface area contributed by atoms with Gasteiger partial charge in [0.25, 0.3) is 0 Å². The number of hydrogen-bond acceptors (Lipinski definition) is 6. The second-order valence-corrected chi connectivity index (χ2v) is 6.30. The number of hydrogen-bond donors (Lipinski definition) is 3. The van der Waals surface area contributed by atoms with Crippen molar-refractivity contribution >= 4 is 22.0 Å². The molecule has 0 aliphatic carbocycles. The van der Waals surface area contributed by atoms with Crippen LogP contribution in [0.4, 0.5) is 23.9 Å². The van der Waals surface area contributed by atoms with E-state index in [4.69, 9.17) is 16.7 Å². The summed E-state index contributed by atoms with van der Waals surface area (Å²) in [5.41, 5.74) is 11.1. The highest BCUT2D eigenvalue weighted by atomic mass is 32.1. The van der Waals surface area contributed by atoms with Crippen molar-refractivity contribution < 1.29 is 13.2 Å². The molecule has 0 spiro atoms. The highest BCUT2D eigenvalue weighted by molar-refractivity contribution is 7.17. The summed E-state index contributed by atoms with van der Waals surface area (Å²) in [5, 5.41) is 21.7. The molecule has 0 saturated heterocycles. The molecule has 1 atom stereocenters. The fraction of sp³-hybridized carbons (Fsp3) is 0.125. The lowest BCUT2D eigenvalue weighted by Gasteiger charge is -2.27. The molecular weight excluding hydrogens is 351 g/mol. The van der Waals surface area contributed by atoms with Crippen molar-refractivity contribution in [1.82, 2.24) is 0 Å². The number of alkyl halides is 3. The first-order valence-corrected chi connectivity index (χ1v) is 7.76. The number of nitrogen functional groups attached to an aromatic ring is 1. The van der Waals surface area contributed by atoms with Crippen LogP contribution >= 0.6 is 11.3 Å². The molecule has 0 amide bonds. The first-order chi connectivity index (χ1) is 11.8. The summed E-state index contributed by atoms with van der Waals surface area (Å²) in [5.74, 6) is -1.15. The zero-order valence-corrected chi connectivity index (χ0v) is 13.3. The number of nitrogens with zero attached hydrogens (tertiary/aromatic N) is 2. The van der Waals surface area contributed by atoms with E-state index in [0.717, 1.165) is 17.4 Å². The smallest absolute Gasteiger partial charge is 0.397 e. The Bertz CT molecular complexity index is 975. The van der Waals surface area contributed by atoms with Crippen LogP contribution in [0.15, 0.2) is 35.7 Å². The van der Waals surface area contributed by atoms with Crippen LogP contribution in [0.2, 0.25) is 0 Å². The molecule has 5 N–H and O–H groups in total. The predicted octanol–water partition coefficient (Wildman–Crippen LogP) is 3.47. The number of thiophene rings is 1. The van der Waals surface area contributed by atoms with Gasteiger partial charge in [0.15, 0.2) is 0 Å². The molecule has 2 aromatic rings. The van der Waals surface area contributed by atoms with Crippen molar-refractivity contribution in [3.8, 4) is 12.1 Å². The average molecular weight is 361 g/mol. The molecule has 9 heteroatoms. The first-order valence-electron chi connectivity index (χ1n) is 6.94. The summed E-state index contributed by atoms with van der Waals surface area (Å²) >= 11 is 0.988. The molecular formula is C16H10F3N5S. The number of fused-ring (bicyclic) bond motifs is 1. The van der Waals surface area contributed by atoms with Gasteiger partial charge in [0.05, 0.1) is 28.8 Å². The summed E-state index contributed by atoms with van der Waals surface area (Å²) in [6.07, 6.45) is -4.61. The van der Waals surface area contributed by atoms with Crippen molar-refractivity contribution in [3.05, 3.63) is 57.2 Å². The van der Waals surface area contributed by atoms with Gasteiger partial charge in [0.1, 0.15) is 21.8 Å². The maximum absolute atomic E-state index is 13.5. The van der Waals surface area contributed by atoms with Gasteiger partial charge >= 0.3 is 6.18 Å². The Labute approximate surface area is 144 Å². The van der Waals surface area contributed by atoms with Crippen molar-refractivity contribution in [2.75, 3.05) is 11.1 Å². The molecule has 1 aromatic heterocycles. The molecule has 25 heavy (non-hydrogen) atoms. The van der Waals surface area contributed by atoms with Gasteiger partial charge in [0.2, 0.25) is 0 Å². The van der Waals surface area contributed by atoms with Crippen LogP contribution in [0.1, 0.15) is 27.5 Å². The topological polar surface area (TPSA) is 112 Å². The van der Waals surface area contributed by atoms with E-state index in [1.54, 1.807) is 0 Å². The predicted molar refractivity (Wildman–Crippen MR) is 87.2 cm³/mol. The van der Waals surface area contributed by atoms with Crippen LogP contribution in [0.25, 0.3) is 0 Å². The van der Waals surface area contributed by atoms with E-state index >= 15 is 0 Å². The van der Waals surface area contributed by atoms with Gasteiger partial charge in [-0.2, -0.15) is 23.7 Å². The number of halogens is 3. The third kappa shape index (κ3) is 2.55. The number of anilines is 2. The first kappa shape index (κ1) is 16.7. The molecule has 5 nitrogen and oxygen atoms in total. The van der Waals surface area contributed by atoms with E-state index in [1.807, 2.05) is 12.1 Å². The minimum Gasteiger partial charge on any atom is -0.397 e. The zero-order valence-electron chi connectivity index (χ0n) is 12.5. The number of nitrogens with one attached hydrogen (secondary N) is 1. The van der Waals surface area contributed by atoms with E-state index < -0.39 is 17.7 Å². The Balaban J connectivity index is 2.35. The quantitative estimate of drug-likeness (QED) is 0.720. The summed E-state index contributed by atoms with van der Waals surface area (Å²) in [7, 11) is 0. The van der Waals surface area contributed by atoms with Crippen molar-refractivity contribution in [2.45, 2.75) is 12.1 Å². The molecule has 0 bridgehead atoms. The normalized spacial score (nSPS) is 16.6. The van der Waals surface area contributed by atoms with Gasteiger partial charge in [-0.25, -0.2) is 0 Å². The molecule has 2 heterocycles. The average Bonchev–Trinajstić information content (AvgIpc) is 2.88. The molecule has 0 radical (unpaired) electrons. The number of nitrogens with two attached hydrogens (primary N) is 2. The second-order valence-electron chi connectivity index (χ2n) is 5.28. The Kier molecular flexibility index (Phi) is 3.82. The van der Waals surface area contributed by atoms with E-state index in [1.165, 1.54) is 18.2 Å². The minimum absolute atomic E-state index is 0.0530. The largest absolute Gasteiger partial charge is 0.416 e. The van der Waals surface area contributed by atoms with Crippen LogP contribution < -0.4 is 16.8 Å². The Morgan fingerprint density at radius 3 is 2.40 bits per heavy atom. The molecule has 1 aromatic carbocycles. The molecule has 3 rings (SSSR count). The van der Waals surface area contributed by atoms with Crippen LogP contribution in [-0.4, -0.2) is 0 Å². The van der Waals surface area contributed by atoms with E-state index in [0.29, 0.717) is 5.00 Å². The van der Waals surface area contributed by atoms with Gasteiger partial charge in [-0.1, -0.05) is 18.2 Å². The molecule has 0 fully saturated rings. The summed E-state index contributed by atoms with van der Waals surface area (Å²) in [4.78, 5) is 0.152. The van der Waals surface area contributed by atoms with E-state index in [9.17, 15) is 18.4 Å². The molecule has 0 unspecified atom stereocenters. The molecule has 126 valence electrons. The van der Waals surface area contributed by atoms with Crippen LogP contribution in [-0.2, 0) is 6.18 Å². The van der Waals surface area contributed by atoms with Gasteiger partial charge < -0.3 is 16.8 Å². The third-order valence-electron chi connectivity index (χ3n) is 3.90. The van der Waals surface area contributed by atoms with Crippen molar-refractivity contribution in [3.63, 3.8) is 0 Å². The fourth-order valence-corrected chi connectivity index (χ4v) is 3.82. The molecule has 1 aliphatic rings. The summed E-state index contributed by atoms with van der Waals surface area (Å²) < 4.78 is 40.4. The maximum atomic E-state index is 13.5. The third-order valence-corrected chi connectivity index (χ3v) is 4.94. The van der Waals surface area contributed by atoms with Gasteiger partial charge in [0, 0.05) is 5.56 Å². The van der Waals surface area contributed by atoms with Crippen LogP contribution in [0.3, 0.4) is 0 Å². The number of allylic oxidation sites excluding steroid dienone is 1. The second kappa shape index (κ2) is 5.72. The van der Waals surface area contributed by atoms with Gasteiger partial charge in [-0.15, -0.1) is 11.3 Å². The number of nitriles is 2. The van der Waals surface area contributed by atoms with Crippen LogP contribution in [0.5, 0.6) is 0 Å². The van der Waals surface area contributed by atoms with E-state index in [2.05, 4.69) is 5.32 Å². The lowest BCUT2D eigenvalue weighted by atomic mass is 9.81. The number of benzene rings is 1. The van der Waals surface area contributed by atoms with Gasteiger partial charge in [-0.3, -0.25) is 0 Å². The Morgan fingerprint density at radius 2 is 1.80 bits per heavy atom. The summed E-state index contributed by atoms with van der Waals surface area (Å²) in [6, 6.07) is 8.72. The fourth-order valence-electron chi connectivity index (χ4n) is 2.85. The Morgan fingerprint density at radius 1 is 1.12 bits per heavy atom. The number of rotatable bonds is 1. The lowest BCUT2D eigenvalue weighted by Crippen LogP contribution is -2.24. The monoisotopic (exact) mass is 361 g/mol. The SMILES string of the molecule is N#CC1=C(N)Nc2sc(C#N)c(N)c2[C@H]1c1ccccc1C(F)(F)F. The zero-order chi connectivity index (χ0) is 18.4. The highest BCUT2D eigenvalue weighted by Gasteiger charge is 2.40. The van der Waals surface area contributed by atoms with Crippen molar-refractivity contribution in [2.24, 2.45) is 5.73 Å². The summed E-state index contributed by atoms with van der Waals surface area (Å²) in [6.45, 7) is 0. The Hall–Kier alpha value is -3.17. The lowest BCUT2D eigenvalue weighted by molar-refractivity contribution is -0.138. The standard InChI is InChI=1S/C16H10F3N5S/c17-16(18,19)9-4-2-1-3-7(9)11-8(5-20)14(23)24-15-12(11)13(22)10(6-21)25-15/h1-4,11,24H,22-23H2/t11-/m0/s1. The minimum atomic E-state index is -4.61.